The Morgan fingerprint density at radius 3 is 2.78 bits per heavy atom. The first-order chi connectivity index (χ1) is 13.2. The molecule has 1 aliphatic rings. The van der Waals surface area contributed by atoms with Gasteiger partial charge < -0.3 is 10.4 Å². The van der Waals surface area contributed by atoms with Crippen molar-refractivity contribution in [2.45, 2.75) is 43.3 Å². The molecule has 140 valence electrons. The number of thiophene rings is 1. The van der Waals surface area contributed by atoms with Crippen molar-refractivity contribution in [2.75, 3.05) is 11.6 Å². The Morgan fingerprint density at radius 2 is 2.04 bits per heavy atom. The van der Waals surface area contributed by atoms with Crippen LogP contribution >= 0.6 is 23.1 Å². The third-order valence-corrected chi connectivity index (χ3v) is 6.60. The van der Waals surface area contributed by atoms with Crippen molar-refractivity contribution in [2.24, 2.45) is 0 Å². The number of nitrogens with zero attached hydrogens (tertiary/aromatic N) is 2. The van der Waals surface area contributed by atoms with Gasteiger partial charge in [0.05, 0.1) is 5.39 Å². The molecule has 0 unspecified atom stereocenters. The average molecular weight is 400 g/mol. The average Bonchev–Trinajstić information content (AvgIpc) is 3.06. The molecule has 3 aromatic rings. The van der Waals surface area contributed by atoms with Crippen LogP contribution < -0.4 is 5.32 Å². The van der Waals surface area contributed by atoms with Crippen molar-refractivity contribution < 1.29 is 9.90 Å². The van der Waals surface area contributed by atoms with Gasteiger partial charge in [-0.15, -0.1) is 11.3 Å². The van der Waals surface area contributed by atoms with E-state index < -0.39 is 12.0 Å². The number of thioether (sulfide) groups is 1. The van der Waals surface area contributed by atoms with E-state index >= 15 is 0 Å². The zero-order valence-electron chi connectivity index (χ0n) is 15.1. The van der Waals surface area contributed by atoms with Gasteiger partial charge in [-0.2, -0.15) is 0 Å². The molecule has 1 atom stereocenters. The number of carbonyl (C=O) groups is 1. The van der Waals surface area contributed by atoms with Gasteiger partial charge in [0.1, 0.15) is 16.7 Å². The second kappa shape index (κ2) is 7.86. The summed E-state index contributed by atoms with van der Waals surface area (Å²) in [7, 11) is 0. The third kappa shape index (κ3) is 3.80. The minimum absolute atomic E-state index is 0.405. The highest BCUT2D eigenvalue weighted by Crippen LogP contribution is 2.39. The van der Waals surface area contributed by atoms with Crippen LogP contribution in [-0.4, -0.2) is 33.3 Å². The van der Waals surface area contributed by atoms with Crippen LogP contribution in [0.5, 0.6) is 0 Å². The van der Waals surface area contributed by atoms with Gasteiger partial charge in [-0.1, -0.05) is 42.1 Å². The molecular weight excluding hydrogens is 378 g/mol. The predicted octanol–water partition coefficient (Wildman–Crippen LogP) is 4.40. The highest BCUT2D eigenvalue weighted by molar-refractivity contribution is 7.98. The molecule has 0 saturated heterocycles. The van der Waals surface area contributed by atoms with E-state index in [1.807, 2.05) is 36.6 Å². The number of aliphatic carboxylic acids is 1. The lowest BCUT2D eigenvalue weighted by Gasteiger charge is -2.18. The molecule has 27 heavy (non-hydrogen) atoms. The Balaban J connectivity index is 1.74. The molecular formula is C20H21N3O2S2. The number of rotatable bonds is 6. The Hall–Kier alpha value is -2.12. The number of aryl methyl sites for hydroxylation is 2. The summed E-state index contributed by atoms with van der Waals surface area (Å²) in [5.74, 6) is -0.215. The molecule has 5 nitrogen and oxygen atoms in total. The predicted molar refractivity (Wildman–Crippen MR) is 111 cm³/mol. The van der Waals surface area contributed by atoms with Crippen molar-refractivity contribution in [1.82, 2.24) is 9.97 Å². The third-order valence-electron chi connectivity index (χ3n) is 4.87. The number of fused-ring (bicyclic) bond motifs is 3. The van der Waals surface area contributed by atoms with Crippen LogP contribution in [0.25, 0.3) is 10.2 Å². The van der Waals surface area contributed by atoms with Gasteiger partial charge in [-0.25, -0.2) is 14.8 Å². The number of nitrogens with one attached hydrogen (secondary N) is 1. The Morgan fingerprint density at radius 1 is 1.26 bits per heavy atom. The topological polar surface area (TPSA) is 75.1 Å². The minimum Gasteiger partial charge on any atom is -0.480 e. The van der Waals surface area contributed by atoms with Gasteiger partial charge in [-0.3, -0.25) is 0 Å². The fourth-order valence-electron chi connectivity index (χ4n) is 3.55. The van der Waals surface area contributed by atoms with Crippen LogP contribution in [0.4, 0.5) is 5.82 Å². The number of aromatic nitrogens is 2. The summed E-state index contributed by atoms with van der Waals surface area (Å²) in [5.41, 5.74) is 2.29. The summed E-state index contributed by atoms with van der Waals surface area (Å²) in [6.07, 6.45) is 6.81. The number of hydrogen-bond donors (Lipinski definition) is 2. The molecule has 0 spiro atoms. The zero-order chi connectivity index (χ0) is 18.8. The summed E-state index contributed by atoms with van der Waals surface area (Å²) in [5, 5.41) is 14.7. The van der Waals surface area contributed by atoms with E-state index in [2.05, 4.69) is 15.3 Å². The zero-order valence-corrected chi connectivity index (χ0v) is 16.7. The highest BCUT2D eigenvalue weighted by atomic mass is 32.2. The van der Waals surface area contributed by atoms with Crippen LogP contribution in [0.3, 0.4) is 0 Å². The fourth-order valence-corrected chi connectivity index (χ4v) is 5.23. The normalized spacial score (nSPS) is 14.7. The molecule has 2 heterocycles. The first kappa shape index (κ1) is 18.3. The largest absolute Gasteiger partial charge is 0.480 e. The summed E-state index contributed by atoms with van der Waals surface area (Å²) in [6, 6.07) is 8.96. The van der Waals surface area contributed by atoms with E-state index in [4.69, 9.17) is 0 Å². The van der Waals surface area contributed by atoms with E-state index in [1.54, 1.807) is 11.3 Å². The smallest absolute Gasteiger partial charge is 0.326 e. The first-order valence-corrected chi connectivity index (χ1v) is 11.1. The molecule has 2 N–H and O–H groups in total. The van der Waals surface area contributed by atoms with E-state index in [1.165, 1.54) is 28.6 Å². The molecule has 0 bridgehead atoms. The van der Waals surface area contributed by atoms with Crippen LogP contribution in [0.1, 0.15) is 28.8 Å². The molecule has 1 aromatic carbocycles. The summed E-state index contributed by atoms with van der Waals surface area (Å²) in [6.45, 7) is 0. The second-order valence-electron chi connectivity index (χ2n) is 6.67. The van der Waals surface area contributed by atoms with E-state index in [0.717, 1.165) is 35.0 Å². The molecule has 0 fully saturated rings. The Kier molecular flexibility index (Phi) is 5.31. The van der Waals surface area contributed by atoms with Crippen molar-refractivity contribution in [1.29, 1.82) is 0 Å². The van der Waals surface area contributed by atoms with Crippen LogP contribution in [0.2, 0.25) is 0 Å². The Labute approximate surface area is 166 Å². The highest BCUT2D eigenvalue weighted by Gasteiger charge is 2.25. The fraction of sp³-hybridized carbons (Fsp3) is 0.350. The van der Waals surface area contributed by atoms with Gasteiger partial charge in [0.25, 0.3) is 0 Å². The number of carboxylic acids is 1. The van der Waals surface area contributed by atoms with Crippen molar-refractivity contribution in [3.63, 3.8) is 0 Å². The molecule has 4 rings (SSSR count). The summed E-state index contributed by atoms with van der Waals surface area (Å²) < 4.78 is 0. The SMILES string of the molecule is CSc1nc(N[C@@H](Cc2ccccc2)C(=O)O)c2c3c(sc2n1)CCCC3. The second-order valence-corrected chi connectivity index (χ2v) is 8.53. The molecule has 7 heteroatoms. The quantitative estimate of drug-likeness (QED) is 0.473. The maximum absolute atomic E-state index is 11.9. The van der Waals surface area contributed by atoms with E-state index in [0.29, 0.717) is 17.4 Å². The molecule has 0 amide bonds. The van der Waals surface area contributed by atoms with Gasteiger partial charge >= 0.3 is 5.97 Å². The van der Waals surface area contributed by atoms with Crippen LogP contribution in [-0.2, 0) is 24.1 Å². The van der Waals surface area contributed by atoms with Gasteiger partial charge in [-0.05, 0) is 43.1 Å². The monoisotopic (exact) mass is 399 g/mol. The van der Waals surface area contributed by atoms with Gasteiger partial charge in [0.2, 0.25) is 0 Å². The molecule has 2 aromatic heterocycles. The maximum atomic E-state index is 11.9. The van der Waals surface area contributed by atoms with E-state index in [-0.39, 0.29) is 0 Å². The number of benzene rings is 1. The molecule has 1 aliphatic carbocycles. The van der Waals surface area contributed by atoms with Crippen molar-refractivity contribution in [3.05, 3.63) is 46.3 Å². The molecule has 0 saturated carbocycles. The van der Waals surface area contributed by atoms with Crippen molar-refractivity contribution in [3.8, 4) is 0 Å². The molecule has 0 aliphatic heterocycles. The lowest BCUT2D eigenvalue weighted by Crippen LogP contribution is -2.32. The Bertz CT molecular complexity index is 972. The number of anilines is 1. The van der Waals surface area contributed by atoms with Crippen LogP contribution in [0.15, 0.2) is 35.5 Å². The number of carboxylic acid groups (broad SMARTS) is 1. The molecule has 0 radical (unpaired) electrons. The maximum Gasteiger partial charge on any atom is 0.326 e. The standard InChI is InChI=1S/C20H21N3O2S2/c1-26-20-22-17(16-13-9-5-6-10-15(13)27-18(16)23-20)21-14(19(24)25)11-12-7-3-2-4-8-12/h2-4,7-8,14H,5-6,9-11H2,1H3,(H,24,25)(H,21,22,23)/t14-/m0/s1. The lowest BCUT2D eigenvalue weighted by atomic mass is 9.97. The lowest BCUT2D eigenvalue weighted by molar-refractivity contribution is -0.137. The number of hydrogen-bond acceptors (Lipinski definition) is 6. The van der Waals surface area contributed by atoms with Crippen LogP contribution in [0, 0.1) is 0 Å². The van der Waals surface area contributed by atoms with Gasteiger partial charge in [0, 0.05) is 11.3 Å². The summed E-state index contributed by atoms with van der Waals surface area (Å²) in [4.78, 5) is 23.6. The van der Waals surface area contributed by atoms with Gasteiger partial charge in [0.15, 0.2) is 5.16 Å². The minimum atomic E-state index is -0.875. The van der Waals surface area contributed by atoms with E-state index in [9.17, 15) is 9.90 Å². The van der Waals surface area contributed by atoms with Crippen molar-refractivity contribution >= 4 is 45.1 Å². The first-order valence-electron chi connectivity index (χ1n) is 9.05. The summed E-state index contributed by atoms with van der Waals surface area (Å²) >= 11 is 3.21.